The Bertz CT molecular complexity index is 1440. The summed E-state index contributed by atoms with van der Waals surface area (Å²) >= 11 is 0. The molecule has 0 unspecified atom stereocenters. The molecule has 0 fully saturated rings. The molecule has 0 atom stereocenters. The minimum absolute atomic E-state index is 0.127. The number of nitrogens with zero attached hydrogens (tertiary/aromatic N) is 6. The molecule has 0 aliphatic rings. The predicted molar refractivity (Wildman–Crippen MR) is 129 cm³/mol. The fourth-order valence-corrected chi connectivity index (χ4v) is 4.02. The molecule has 166 valence electrons. The first-order valence-electron chi connectivity index (χ1n) is 10.8. The zero-order valence-corrected chi connectivity index (χ0v) is 18.9. The molecule has 2 aromatic heterocycles. The highest BCUT2D eigenvalue weighted by Gasteiger charge is 2.21. The van der Waals surface area contributed by atoms with Gasteiger partial charge in [-0.1, -0.05) is 31.2 Å². The average Bonchev–Trinajstić information content (AvgIpc) is 2.78. The van der Waals surface area contributed by atoms with Crippen LogP contribution in [0.25, 0.3) is 16.6 Å². The Morgan fingerprint density at radius 2 is 1.94 bits per heavy atom. The van der Waals surface area contributed by atoms with Crippen molar-refractivity contribution < 1.29 is 0 Å². The molecule has 0 bridgehead atoms. The lowest BCUT2D eigenvalue weighted by Gasteiger charge is -2.25. The minimum atomic E-state index is -0.127. The van der Waals surface area contributed by atoms with E-state index in [-0.39, 0.29) is 23.5 Å². The van der Waals surface area contributed by atoms with E-state index in [0.29, 0.717) is 29.1 Å². The third-order valence-electron chi connectivity index (χ3n) is 5.53. The lowest BCUT2D eigenvalue weighted by Crippen LogP contribution is -2.32. The Balaban J connectivity index is 1.96. The third kappa shape index (κ3) is 4.13. The van der Waals surface area contributed by atoms with E-state index >= 15 is 0 Å². The summed E-state index contributed by atoms with van der Waals surface area (Å²) in [6.45, 7) is 6.80. The van der Waals surface area contributed by atoms with E-state index in [1.807, 2.05) is 68.1 Å². The van der Waals surface area contributed by atoms with Crippen LogP contribution < -0.4 is 16.2 Å². The van der Waals surface area contributed by atoms with Crippen LogP contribution in [0.2, 0.25) is 0 Å². The van der Waals surface area contributed by atoms with Crippen molar-refractivity contribution >= 4 is 22.5 Å². The summed E-state index contributed by atoms with van der Waals surface area (Å²) < 4.78 is 1.65. The van der Waals surface area contributed by atoms with Gasteiger partial charge in [0.2, 0.25) is 0 Å². The maximum absolute atomic E-state index is 13.7. The molecule has 33 heavy (non-hydrogen) atoms. The van der Waals surface area contributed by atoms with Gasteiger partial charge in [-0.15, -0.1) is 0 Å². The fraction of sp³-hybridized carbons (Fsp3) is 0.240. The Morgan fingerprint density at radius 1 is 1.15 bits per heavy atom. The number of nitrogens with two attached hydrogens (primary N) is 1. The zero-order valence-electron chi connectivity index (χ0n) is 18.9. The summed E-state index contributed by atoms with van der Waals surface area (Å²) in [5, 5.41) is 10.2. The molecular weight excluding hydrogens is 414 g/mol. The summed E-state index contributed by atoms with van der Waals surface area (Å²) in [6, 6.07) is 15.5. The highest BCUT2D eigenvalue weighted by atomic mass is 16.1. The molecule has 0 spiro atoms. The molecule has 2 heterocycles. The standard InChI is InChI=1S/C25H25N7O/c1-4-11-31(24-19(13-26)23(27)28-15-29-24)14-21-30-20-10-6-8-17(3)22(20)25(33)32(21)18-9-5-7-16(2)12-18/h5-10,12,15H,4,11,14H2,1-3H3,(H2,27,28,29). The van der Waals surface area contributed by atoms with Crippen LogP contribution >= 0.6 is 0 Å². The van der Waals surface area contributed by atoms with E-state index < -0.39 is 0 Å². The maximum Gasteiger partial charge on any atom is 0.266 e. The van der Waals surface area contributed by atoms with Crippen LogP contribution in [0.5, 0.6) is 0 Å². The molecular formula is C25H25N7O. The van der Waals surface area contributed by atoms with Gasteiger partial charge in [0.15, 0.2) is 5.82 Å². The monoisotopic (exact) mass is 439 g/mol. The number of nitrogen functional groups attached to an aromatic ring is 1. The van der Waals surface area contributed by atoms with Crippen molar-refractivity contribution in [1.29, 1.82) is 5.26 Å². The van der Waals surface area contributed by atoms with Gasteiger partial charge in [-0.2, -0.15) is 5.26 Å². The van der Waals surface area contributed by atoms with E-state index in [0.717, 1.165) is 23.2 Å². The van der Waals surface area contributed by atoms with Crippen molar-refractivity contribution in [1.82, 2.24) is 19.5 Å². The Morgan fingerprint density at radius 3 is 2.67 bits per heavy atom. The van der Waals surface area contributed by atoms with Gasteiger partial charge in [0, 0.05) is 6.54 Å². The molecule has 0 aliphatic carbocycles. The molecule has 0 saturated heterocycles. The van der Waals surface area contributed by atoms with Crippen molar-refractivity contribution in [2.45, 2.75) is 33.7 Å². The van der Waals surface area contributed by atoms with E-state index in [9.17, 15) is 10.1 Å². The van der Waals surface area contributed by atoms with Crippen molar-refractivity contribution in [2.24, 2.45) is 0 Å². The summed E-state index contributed by atoms with van der Waals surface area (Å²) in [6.07, 6.45) is 2.15. The fourth-order valence-electron chi connectivity index (χ4n) is 4.02. The molecule has 8 heteroatoms. The SMILES string of the molecule is CCCN(Cc1nc2cccc(C)c2c(=O)n1-c1cccc(C)c1)c1ncnc(N)c1C#N. The van der Waals surface area contributed by atoms with Crippen LogP contribution in [0.3, 0.4) is 0 Å². The number of nitriles is 1. The molecule has 8 nitrogen and oxygen atoms in total. The minimum Gasteiger partial charge on any atom is -0.382 e. The molecule has 0 amide bonds. The van der Waals surface area contributed by atoms with E-state index in [2.05, 4.69) is 16.0 Å². The van der Waals surface area contributed by atoms with Gasteiger partial charge in [-0.05, 0) is 49.6 Å². The second-order valence-corrected chi connectivity index (χ2v) is 7.97. The molecule has 4 aromatic rings. The largest absolute Gasteiger partial charge is 0.382 e. The summed E-state index contributed by atoms with van der Waals surface area (Å²) in [5.74, 6) is 1.11. The number of benzene rings is 2. The number of hydrogen-bond donors (Lipinski definition) is 1. The second kappa shape index (κ2) is 9.09. The zero-order chi connectivity index (χ0) is 23.5. The van der Waals surface area contributed by atoms with Gasteiger partial charge in [0.1, 0.15) is 29.6 Å². The van der Waals surface area contributed by atoms with Crippen LogP contribution in [-0.2, 0) is 6.54 Å². The van der Waals surface area contributed by atoms with Gasteiger partial charge < -0.3 is 10.6 Å². The second-order valence-electron chi connectivity index (χ2n) is 7.97. The smallest absolute Gasteiger partial charge is 0.266 e. The highest BCUT2D eigenvalue weighted by molar-refractivity contribution is 5.81. The average molecular weight is 440 g/mol. The first-order valence-corrected chi connectivity index (χ1v) is 10.8. The molecule has 2 N–H and O–H groups in total. The molecule has 0 saturated carbocycles. The van der Waals surface area contributed by atoms with Crippen molar-refractivity contribution in [3.05, 3.63) is 81.7 Å². The topological polar surface area (TPSA) is 114 Å². The van der Waals surface area contributed by atoms with Crippen LogP contribution in [-0.4, -0.2) is 26.1 Å². The third-order valence-corrected chi connectivity index (χ3v) is 5.53. The molecule has 4 rings (SSSR count). The van der Waals surface area contributed by atoms with Gasteiger partial charge in [-0.3, -0.25) is 9.36 Å². The Hall–Kier alpha value is -4.25. The summed E-state index contributed by atoms with van der Waals surface area (Å²) in [7, 11) is 0. The number of aryl methyl sites for hydroxylation is 2. The maximum atomic E-state index is 13.7. The summed E-state index contributed by atoms with van der Waals surface area (Å²) in [5.41, 5.74) is 9.32. The number of aromatic nitrogens is 4. The van der Waals surface area contributed by atoms with Gasteiger partial charge in [-0.25, -0.2) is 15.0 Å². The Kier molecular flexibility index (Phi) is 6.05. The molecule has 0 radical (unpaired) electrons. The number of anilines is 2. The normalized spacial score (nSPS) is 10.8. The van der Waals surface area contributed by atoms with Crippen LogP contribution in [0, 0.1) is 25.2 Å². The molecule has 2 aromatic carbocycles. The lowest BCUT2D eigenvalue weighted by molar-refractivity contribution is 0.700. The molecule has 0 aliphatic heterocycles. The Labute approximate surface area is 192 Å². The van der Waals surface area contributed by atoms with Gasteiger partial charge in [0.05, 0.1) is 23.1 Å². The van der Waals surface area contributed by atoms with Crippen molar-refractivity contribution in [3.63, 3.8) is 0 Å². The van der Waals surface area contributed by atoms with E-state index in [1.54, 1.807) is 4.57 Å². The first kappa shape index (κ1) is 22.0. The first-order chi connectivity index (χ1) is 15.9. The van der Waals surface area contributed by atoms with E-state index in [1.165, 1.54) is 6.33 Å². The predicted octanol–water partition coefficient (Wildman–Crippen LogP) is 3.66. The van der Waals surface area contributed by atoms with Gasteiger partial charge in [0.25, 0.3) is 5.56 Å². The quantitative estimate of drug-likeness (QED) is 0.488. The van der Waals surface area contributed by atoms with Crippen LogP contribution in [0.15, 0.2) is 53.6 Å². The number of hydrogen-bond acceptors (Lipinski definition) is 7. The van der Waals surface area contributed by atoms with Gasteiger partial charge >= 0.3 is 0 Å². The van der Waals surface area contributed by atoms with Crippen molar-refractivity contribution in [3.8, 4) is 11.8 Å². The lowest BCUT2D eigenvalue weighted by atomic mass is 10.1. The van der Waals surface area contributed by atoms with Crippen molar-refractivity contribution in [2.75, 3.05) is 17.2 Å². The number of rotatable bonds is 6. The highest BCUT2D eigenvalue weighted by Crippen LogP contribution is 2.24. The van der Waals surface area contributed by atoms with E-state index in [4.69, 9.17) is 10.7 Å². The van der Waals surface area contributed by atoms with Crippen LogP contribution in [0.4, 0.5) is 11.6 Å². The number of fused-ring (bicyclic) bond motifs is 1. The van der Waals surface area contributed by atoms with Crippen LogP contribution in [0.1, 0.15) is 35.9 Å². The summed E-state index contributed by atoms with van der Waals surface area (Å²) in [4.78, 5) is 28.8.